The molecule has 3 fully saturated rings. The zero-order valence-corrected chi connectivity index (χ0v) is 19.4. The van der Waals surface area contributed by atoms with Crippen LogP contribution in [-0.4, -0.2) is 25.2 Å². The van der Waals surface area contributed by atoms with Gasteiger partial charge >= 0.3 is 6.16 Å². The average Bonchev–Trinajstić information content (AvgIpc) is 3.02. The molecule has 30 heavy (non-hydrogen) atoms. The number of allylic oxidation sites excluding steroid dienone is 3. The number of rotatable bonds is 3. The van der Waals surface area contributed by atoms with Gasteiger partial charge in [-0.05, 0) is 94.0 Å². The van der Waals surface area contributed by atoms with Gasteiger partial charge in [-0.15, -0.1) is 0 Å². The third-order valence-corrected chi connectivity index (χ3v) is 9.35. The van der Waals surface area contributed by atoms with Crippen molar-refractivity contribution in [3.05, 3.63) is 23.3 Å². The summed E-state index contributed by atoms with van der Waals surface area (Å²) in [6, 6.07) is 0. The van der Waals surface area contributed by atoms with Crippen molar-refractivity contribution in [1.29, 1.82) is 0 Å². The van der Waals surface area contributed by atoms with Crippen molar-refractivity contribution in [3.63, 3.8) is 0 Å². The van der Waals surface area contributed by atoms with E-state index in [9.17, 15) is 9.59 Å². The van der Waals surface area contributed by atoms with Gasteiger partial charge in [-0.3, -0.25) is 4.79 Å². The van der Waals surface area contributed by atoms with Crippen LogP contribution in [0.2, 0.25) is 0 Å². The normalized spacial score (nSPS) is 40.8. The highest BCUT2D eigenvalue weighted by atomic mass is 16.7. The Balaban J connectivity index is 1.55. The molecule has 0 aromatic heterocycles. The summed E-state index contributed by atoms with van der Waals surface area (Å²) in [5.74, 6) is 2.47. The van der Waals surface area contributed by atoms with Crippen molar-refractivity contribution < 1.29 is 19.1 Å². The molecule has 4 aliphatic carbocycles. The lowest BCUT2D eigenvalue weighted by atomic mass is 9.45. The maximum Gasteiger partial charge on any atom is 0.508 e. The third-order valence-electron chi connectivity index (χ3n) is 9.35. The minimum atomic E-state index is -0.579. The van der Waals surface area contributed by atoms with Crippen LogP contribution in [0.5, 0.6) is 0 Å². The van der Waals surface area contributed by atoms with Crippen LogP contribution >= 0.6 is 0 Å². The van der Waals surface area contributed by atoms with Crippen molar-refractivity contribution in [1.82, 2.24) is 0 Å². The summed E-state index contributed by atoms with van der Waals surface area (Å²) >= 11 is 0. The molecule has 166 valence electrons. The van der Waals surface area contributed by atoms with E-state index < -0.39 is 6.16 Å². The smallest absolute Gasteiger partial charge is 0.435 e. The number of ketones is 1. The van der Waals surface area contributed by atoms with Gasteiger partial charge in [0.05, 0.1) is 6.61 Å². The fraction of sp³-hybridized carbons (Fsp3) is 0.769. The van der Waals surface area contributed by atoms with Crippen LogP contribution in [0.1, 0.15) is 79.6 Å². The zero-order chi connectivity index (χ0) is 21.7. The Morgan fingerprint density at radius 1 is 1.07 bits per heavy atom. The third kappa shape index (κ3) is 3.17. The summed E-state index contributed by atoms with van der Waals surface area (Å²) in [4.78, 5) is 24.2. The number of ether oxygens (including phenoxy) is 2. The minimum Gasteiger partial charge on any atom is -0.435 e. The monoisotopic (exact) mass is 414 g/mol. The van der Waals surface area contributed by atoms with E-state index in [1.807, 2.05) is 0 Å². The van der Waals surface area contributed by atoms with Gasteiger partial charge in [-0.2, -0.15) is 0 Å². The Morgan fingerprint density at radius 3 is 2.53 bits per heavy atom. The zero-order valence-electron chi connectivity index (χ0n) is 19.4. The molecule has 0 amide bonds. The SMILES string of the molecule is CCOC(=O)OC/C=C1\CC[C@H]2[C@@H]3CC=C4C(C)(C)C(=O)CC[C@]4(C)[C@H]3CC[C@]12C. The molecular formula is C26H38O4. The molecular weight excluding hydrogens is 376 g/mol. The molecule has 4 heteroatoms. The summed E-state index contributed by atoms with van der Waals surface area (Å²) in [5, 5.41) is 0. The van der Waals surface area contributed by atoms with Crippen molar-refractivity contribution in [2.75, 3.05) is 13.2 Å². The summed E-state index contributed by atoms with van der Waals surface area (Å²) in [6.45, 7) is 11.6. The Morgan fingerprint density at radius 2 is 1.80 bits per heavy atom. The standard InChI is InChI=1S/C26H38O4/c1-6-29-23(28)30-16-13-17-7-9-19-18-8-10-21-24(2,3)22(27)12-15-26(21,5)20(18)11-14-25(17,19)4/h10,13,18-20H,6-9,11-12,14-16H2,1-5H3/b17-13+/t18-,19-,20-,25+,26+/m0/s1. The second-order valence-corrected chi connectivity index (χ2v) is 10.9. The molecule has 0 aromatic carbocycles. The lowest BCUT2D eigenvalue weighted by Crippen LogP contribution is -2.53. The molecule has 5 atom stereocenters. The van der Waals surface area contributed by atoms with Gasteiger partial charge in [0, 0.05) is 11.8 Å². The van der Waals surface area contributed by atoms with E-state index in [4.69, 9.17) is 9.47 Å². The van der Waals surface area contributed by atoms with Crippen LogP contribution < -0.4 is 0 Å². The first-order valence-corrected chi connectivity index (χ1v) is 11.9. The lowest BCUT2D eigenvalue weighted by molar-refractivity contribution is -0.131. The average molecular weight is 415 g/mol. The second kappa shape index (κ2) is 7.53. The van der Waals surface area contributed by atoms with Gasteiger partial charge in [0.1, 0.15) is 12.4 Å². The number of Topliss-reactive ketones (excluding diaryl/α,β-unsaturated/α-hetero) is 1. The number of hydrogen-bond acceptors (Lipinski definition) is 4. The van der Waals surface area contributed by atoms with Gasteiger partial charge in [-0.1, -0.05) is 31.1 Å². The summed E-state index contributed by atoms with van der Waals surface area (Å²) < 4.78 is 10.1. The highest BCUT2D eigenvalue weighted by molar-refractivity contribution is 5.89. The van der Waals surface area contributed by atoms with Crippen LogP contribution in [0.25, 0.3) is 0 Å². The van der Waals surface area contributed by atoms with E-state index >= 15 is 0 Å². The van der Waals surface area contributed by atoms with Gasteiger partial charge in [0.15, 0.2) is 0 Å². The van der Waals surface area contributed by atoms with E-state index in [2.05, 4.69) is 39.8 Å². The van der Waals surface area contributed by atoms with E-state index in [0.717, 1.165) is 25.7 Å². The molecule has 0 aromatic rings. The molecule has 0 bridgehead atoms. The van der Waals surface area contributed by atoms with E-state index in [0.29, 0.717) is 36.8 Å². The quantitative estimate of drug-likeness (QED) is 0.404. The highest BCUT2D eigenvalue weighted by Crippen LogP contribution is 2.67. The Labute approximate surface area is 181 Å². The minimum absolute atomic E-state index is 0.168. The van der Waals surface area contributed by atoms with Crippen LogP contribution in [0.4, 0.5) is 4.79 Å². The second-order valence-electron chi connectivity index (χ2n) is 10.9. The summed E-state index contributed by atoms with van der Waals surface area (Å²) in [6.07, 6.45) is 11.6. The number of fused-ring (bicyclic) bond motifs is 5. The molecule has 4 nitrogen and oxygen atoms in total. The largest absolute Gasteiger partial charge is 0.508 e. The first-order chi connectivity index (χ1) is 14.1. The van der Waals surface area contributed by atoms with Crippen LogP contribution in [-0.2, 0) is 14.3 Å². The van der Waals surface area contributed by atoms with Crippen molar-refractivity contribution in [2.45, 2.75) is 79.6 Å². The predicted molar refractivity (Wildman–Crippen MR) is 117 cm³/mol. The molecule has 0 heterocycles. The molecule has 0 radical (unpaired) electrons. The lowest BCUT2D eigenvalue weighted by Gasteiger charge is -2.59. The Bertz CT molecular complexity index is 791. The molecule has 0 spiro atoms. The maximum absolute atomic E-state index is 12.6. The molecule has 0 N–H and O–H groups in total. The first kappa shape index (κ1) is 21.6. The van der Waals surface area contributed by atoms with E-state index in [-0.39, 0.29) is 16.2 Å². The molecule has 0 aliphatic heterocycles. The van der Waals surface area contributed by atoms with Gasteiger partial charge in [0.2, 0.25) is 0 Å². The molecule has 3 saturated carbocycles. The Hall–Kier alpha value is -1.58. The molecule has 4 aliphatic rings. The van der Waals surface area contributed by atoms with Gasteiger partial charge in [-0.25, -0.2) is 4.79 Å². The molecule has 4 rings (SSSR count). The highest BCUT2D eigenvalue weighted by Gasteiger charge is 2.59. The number of carbonyl (C=O) groups is 2. The first-order valence-electron chi connectivity index (χ1n) is 11.9. The Kier molecular flexibility index (Phi) is 5.43. The van der Waals surface area contributed by atoms with Crippen LogP contribution in [0.15, 0.2) is 23.3 Å². The van der Waals surface area contributed by atoms with Gasteiger partial charge in [0.25, 0.3) is 0 Å². The maximum atomic E-state index is 12.6. The van der Waals surface area contributed by atoms with Crippen molar-refractivity contribution in [3.8, 4) is 0 Å². The fourth-order valence-electron chi connectivity index (χ4n) is 7.77. The summed E-state index contributed by atoms with van der Waals surface area (Å²) in [5.41, 5.74) is 2.97. The van der Waals surface area contributed by atoms with E-state index in [1.54, 1.807) is 6.92 Å². The predicted octanol–water partition coefficient (Wildman–Crippen LogP) is 6.25. The number of carbonyl (C=O) groups excluding carboxylic acids is 2. The van der Waals surface area contributed by atoms with Crippen molar-refractivity contribution in [2.24, 2.45) is 34.0 Å². The summed E-state index contributed by atoms with van der Waals surface area (Å²) in [7, 11) is 0. The van der Waals surface area contributed by atoms with Crippen molar-refractivity contribution >= 4 is 11.9 Å². The molecule has 0 unspecified atom stereocenters. The topological polar surface area (TPSA) is 52.6 Å². The van der Waals surface area contributed by atoms with Gasteiger partial charge < -0.3 is 9.47 Å². The van der Waals surface area contributed by atoms with E-state index in [1.165, 1.54) is 30.4 Å². The van der Waals surface area contributed by atoms with Crippen LogP contribution in [0.3, 0.4) is 0 Å². The number of hydrogen-bond donors (Lipinski definition) is 0. The van der Waals surface area contributed by atoms with Crippen LogP contribution in [0, 0.1) is 34.0 Å². The molecule has 0 saturated heterocycles. The fourth-order valence-corrected chi connectivity index (χ4v) is 7.77.